The van der Waals surface area contributed by atoms with E-state index in [0.29, 0.717) is 18.8 Å². The zero-order valence-corrected chi connectivity index (χ0v) is 23.1. The van der Waals surface area contributed by atoms with Crippen LogP contribution in [-0.2, 0) is 6.54 Å². The normalized spacial score (nSPS) is 11.8. The number of nitro benzene ring substituents is 1. The van der Waals surface area contributed by atoms with Crippen molar-refractivity contribution in [3.63, 3.8) is 0 Å². The molecule has 2 heterocycles. The van der Waals surface area contributed by atoms with E-state index in [-0.39, 0.29) is 50.6 Å². The number of nitrogens with one attached hydrogen (secondary N) is 1. The lowest BCUT2D eigenvalue weighted by Gasteiger charge is -2.22. The second-order valence-corrected chi connectivity index (χ2v) is 9.74. The lowest BCUT2D eigenvalue weighted by Crippen LogP contribution is -2.28. The molecule has 0 aliphatic rings. The number of nitrogens with zero attached hydrogens (tertiary/aromatic N) is 7. The molecule has 218 valence electrons. The van der Waals surface area contributed by atoms with Crippen molar-refractivity contribution in [2.24, 2.45) is 0 Å². The third-order valence-electron chi connectivity index (χ3n) is 6.03. The van der Waals surface area contributed by atoms with Gasteiger partial charge in [-0.15, -0.1) is 0 Å². The van der Waals surface area contributed by atoms with Crippen molar-refractivity contribution in [1.29, 1.82) is 0 Å². The maximum atomic E-state index is 14.6. The fourth-order valence-corrected chi connectivity index (χ4v) is 4.29. The summed E-state index contributed by atoms with van der Waals surface area (Å²) < 4.78 is 61.2. The van der Waals surface area contributed by atoms with E-state index in [9.17, 15) is 27.7 Å². The lowest BCUT2D eigenvalue weighted by atomic mass is 10.2. The first kappa shape index (κ1) is 29.7. The van der Waals surface area contributed by atoms with Gasteiger partial charge in [0.15, 0.2) is 11.6 Å². The molecule has 2 aromatic carbocycles. The van der Waals surface area contributed by atoms with Gasteiger partial charge in [-0.05, 0) is 32.3 Å². The van der Waals surface area contributed by atoms with Crippen LogP contribution in [0.3, 0.4) is 0 Å². The minimum absolute atomic E-state index is 0.0630. The zero-order valence-electron chi connectivity index (χ0n) is 22.3. The second kappa shape index (κ2) is 11.7. The van der Waals surface area contributed by atoms with Gasteiger partial charge in [-0.3, -0.25) is 10.1 Å². The molecule has 0 radical (unpaired) electrons. The molecule has 4 rings (SSSR count). The molecular formula is C25H25ClF4N8O3. The van der Waals surface area contributed by atoms with Gasteiger partial charge in [0.25, 0.3) is 5.69 Å². The number of nitro groups is 1. The van der Waals surface area contributed by atoms with Gasteiger partial charge in [-0.25, -0.2) is 19.3 Å². The van der Waals surface area contributed by atoms with Gasteiger partial charge in [0.05, 0.1) is 23.2 Å². The van der Waals surface area contributed by atoms with Gasteiger partial charge in [-0.1, -0.05) is 11.6 Å². The van der Waals surface area contributed by atoms with Crippen molar-refractivity contribution in [3.8, 4) is 17.3 Å². The van der Waals surface area contributed by atoms with Crippen LogP contribution in [0.4, 0.5) is 40.6 Å². The average Bonchev–Trinajstić information content (AvgIpc) is 3.24. The number of alkyl halides is 3. The first-order valence-electron chi connectivity index (χ1n) is 12.0. The topological polar surface area (TPSA) is 114 Å². The summed E-state index contributed by atoms with van der Waals surface area (Å²) in [6.07, 6.45) is -3.40. The molecule has 0 bridgehead atoms. The quantitative estimate of drug-likeness (QED) is 0.144. The van der Waals surface area contributed by atoms with E-state index in [1.807, 2.05) is 19.0 Å². The van der Waals surface area contributed by atoms with Crippen molar-refractivity contribution < 1.29 is 27.2 Å². The second-order valence-electron chi connectivity index (χ2n) is 9.31. The van der Waals surface area contributed by atoms with Crippen molar-refractivity contribution in [2.75, 3.05) is 51.6 Å². The third-order valence-corrected chi connectivity index (χ3v) is 6.25. The van der Waals surface area contributed by atoms with Gasteiger partial charge in [0.2, 0.25) is 5.95 Å². The number of rotatable bonds is 10. The van der Waals surface area contributed by atoms with Gasteiger partial charge < -0.3 is 24.4 Å². The Hall–Kier alpha value is -4.24. The first-order chi connectivity index (χ1) is 19.3. The van der Waals surface area contributed by atoms with Crippen LogP contribution in [0.1, 0.15) is 0 Å². The number of methoxy groups -OCH3 is 1. The number of ether oxygens (including phenoxy) is 1. The van der Waals surface area contributed by atoms with E-state index in [2.05, 4.69) is 20.3 Å². The molecule has 16 heteroatoms. The number of imidazole rings is 1. The summed E-state index contributed by atoms with van der Waals surface area (Å²) in [4.78, 5) is 27.5. The number of hydrogen-bond donors (Lipinski definition) is 1. The van der Waals surface area contributed by atoms with Crippen LogP contribution in [-0.4, -0.2) is 76.9 Å². The van der Waals surface area contributed by atoms with E-state index in [4.69, 9.17) is 16.3 Å². The minimum Gasteiger partial charge on any atom is -0.494 e. The van der Waals surface area contributed by atoms with E-state index in [0.717, 1.165) is 10.6 Å². The largest absolute Gasteiger partial charge is 0.494 e. The van der Waals surface area contributed by atoms with E-state index in [1.54, 1.807) is 11.9 Å². The Labute approximate surface area is 236 Å². The Morgan fingerprint density at radius 1 is 1.15 bits per heavy atom. The molecular weight excluding hydrogens is 572 g/mol. The summed E-state index contributed by atoms with van der Waals surface area (Å²) in [5.41, 5.74) is -0.301. The van der Waals surface area contributed by atoms with E-state index in [1.165, 1.54) is 37.6 Å². The Morgan fingerprint density at radius 2 is 1.88 bits per heavy atom. The molecule has 0 spiro atoms. The average molecular weight is 597 g/mol. The lowest BCUT2D eigenvalue weighted by molar-refractivity contribution is -0.384. The van der Waals surface area contributed by atoms with Crippen LogP contribution in [0, 0.1) is 15.9 Å². The molecule has 0 fully saturated rings. The molecule has 0 unspecified atom stereocenters. The number of halogens is 5. The monoisotopic (exact) mass is 596 g/mol. The molecule has 0 saturated heterocycles. The van der Waals surface area contributed by atoms with Gasteiger partial charge in [0, 0.05) is 43.5 Å². The van der Waals surface area contributed by atoms with Crippen LogP contribution < -0.4 is 15.0 Å². The van der Waals surface area contributed by atoms with Crippen molar-refractivity contribution in [3.05, 3.63) is 57.5 Å². The standard InChI is InChI=1S/C25H25ClF4N8O3/c1-35(2)7-8-36(3)18-12-21(41-4)17(11-19(18)38(39)40)33-24-31-6-5-16(32-24)23-34-22-15(27)9-14(26)10-20(22)37(23)13-25(28,29)30/h5-6,9-12H,7-8,13H2,1-4H3,(H,31,32,33). The molecule has 2 aromatic heterocycles. The summed E-state index contributed by atoms with van der Waals surface area (Å²) in [6, 6.07) is 6.19. The molecule has 11 nitrogen and oxygen atoms in total. The molecule has 0 saturated carbocycles. The number of anilines is 3. The van der Waals surface area contributed by atoms with E-state index < -0.39 is 23.5 Å². The Bertz CT molecular complexity index is 1600. The first-order valence-corrected chi connectivity index (χ1v) is 12.4. The highest BCUT2D eigenvalue weighted by Gasteiger charge is 2.32. The number of aromatic nitrogens is 4. The fraction of sp³-hybridized carbons (Fsp3) is 0.320. The summed E-state index contributed by atoms with van der Waals surface area (Å²) >= 11 is 5.90. The molecule has 0 atom stereocenters. The number of hydrogen-bond acceptors (Lipinski definition) is 9. The third kappa shape index (κ3) is 6.74. The summed E-state index contributed by atoms with van der Waals surface area (Å²) in [6.45, 7) is -0.334. The SMILES string of the molecule is COc1cc(N(C)CCN(C)C)c([N+](=O)[O-])cc1Nc1nccc(-c2nc3c(F)cc(Cl)cc3n2CC(F)(F)F)n1. The maximum absolute atomic E-state index is 14.6. The van der Waals surface area contributed by atoms with Gasteiger partial charge in [-0.2, -0.15) is 13.2 Å². The van der Waals surface area contributed by atoms with E-state index >= 15 is 0 Å². The molecule has 41 heavy (non-hydrogen) atoms. The maximum Gasteiger partial charge on any atom is 0.406 e. The summed E-state index contributed by atoms with van der Waals surface area (Å²) in [5, 5.41) is 14.7. The zero-order chi connectivity index (χ0) is 30.1. The van der Waals surface area contributed by atoms with Crippen LogP contribution in [0.25, 0.3) is 22.6 Å². The highest BCUT2D eigenvalue weighted by Crippen LogP contribution is 2.39. The van der Waals surface area contributed by atoms with Crippen LogP contribution in [0.5, 0.6) is 5.75 Å². The van der Waals surface area contributed by atoms with Crippen LogP contribution in [0.2, 0.25) is 5.02 Å². The summed E-state index contributed by atoms with van der Waals surface area (Å²) in [5.74, 6) is -1.06. The highest BCUT2D eigenvalue weighted by molar-refractivity contribution is 6.31. The predicted octanol–water partition coefficient (Wildman–Crippen LogP) is 5.51. The number of benzene rings is 2. The smallest absolute Gasteiger partial charge is 0.406 e. The fourth-order valence-electron chi connectivity index (χ4n) is 4.09. The predicted molar refractivity (Wildman–Crippen MR) is 147 cm³/mol. The Kier molecular flexibility index (Phi) is 8.49. The Morgan fingerprint density at radius 3 is 2.51 bits per heavy atom. The molecule has 0 aliphatic carbocycles. The van der Waals surface area contributed by atoms with Crippen LogP contribution in [0.15, 0.2) is 36.5 Å². The van der Waals surface area contributed by atoms with Crippen molar-refractivity contribution >= 4 is 45.6 Å². The molecule has 0 aliphatic heterocycles. The number of likely N-dealkylation sites (N-methyl/N-ethyl adjacent to an activating group) is 2. The highest BCUT2D eigenvalue weighted by atomic mass is 35.5. The van der Waals surface area contributed by atoms with Gasteiger partial charge >= 0.3 is 6.18 Å². The number of fused-ring (bicyclic) bond motifs is 1. The van der Waals surface area contributed by atoms with Crippen LogP contribution >= 0.6 is 11.6 Å². The van der Waals surface area contributed by atoms with Crippen molar-refractivity contribution in [1.82, 2.24) is 24.4 Å². The Balaban J connectivity index is 1.76. The molecule has 0 amide bonds. The van der Waals surface area contributed by atoms with Gasteiger partial charge in [0.1, 0.15) is 29.2 Å². The van der Waals surface area contributed by atoms with Crippen molar-refractivity contribution in [2.45, 2.75) is 12.7 Å². The summed E-state index contributed by atoms with van der Waals surface area (Å²) in [7, 11) is 6.86. The molecule has 1 N–H and O–H groups in total. The minimum atomic E-state index is -4.66. The molecule has 4 aromatic rings.